The highest BCUT2D eigenvalue weighted by Crippen LogP contribution is 2.16. The van der Waals surface area contributed by atoms with Gasteiger partial charge in [0.15, 0.2) is 0 Å². The van der Waals surface area contributed by atoms with Gasteiger partial charge in [-0.2, -0.15) is 0 Å². The van der Waals surface area contributed by atoms with Crippen LogP contribution in [0.1, 0.15) is 33.6 Å². The third-order valence-electron chi connectivity index (χ3n) is 3.04. The summed E-state index contributed by atoms with van der Waals surface area (Å²) in [6, 6.07) is 0.598. The van der Waals surface area contributed by atoms with Crippen molar-refractivity contribution in [3.63, 3.8) is 0 Å². The number of aliphatic hydroxyl groups is 1. The van der Waals surface area contributed by atoms with Gasteiger partial charge in [-0.3, -0.25) is 0 Å². The first-order valence-electron chi connectivity index (χ1n) is 6.21. The van der Waals surface area contributed by atoms with Gasteiger partial charge in [0.2, 0.25) is 0 Å². The van der Waals surface area contributed by atoms with Gasteiger partial charge in [0.1, 0.15) is 0 Å². The first-order chi connectivity index (χ1) is 7.08. The lowest BCUT2D eigenvalue weighted by Gasteiger charge is -2.33. The number of hydrogen-bond acceptors (Lipinski definition) is 3. The topological polar surface area (TPSA) is 35.5 Å². The van der Waals surface area contributed by atoms with Gasteiger partial charge in [-0.15, -0.1) is 0 Å². The van der Waals surface area contributed by atoms with Crippen LogP contribution in [-0.4, -0.2) is 48.3 Å². The molecule has 1 unspecified atom stereocenters. The highest BCUT2D eigenvalue weighted by Gasteiger charge is 2.19. The molecule has 0 aromatic rings. The van der Waals surface area contributed by atoms with Crippen molar-refractivity contribution in [1.29, 1.82) is 0 Å². The summed E-state index contributed by atoms with van der Waals surface area (Å²) in [6.07, 6.45) is 2.36. The lowest BCUT2D eigenvalue weighted by Crippen LogP contribution is -2.41. The Morgan fingerprint density at radius 1 is 1.27 bits per heavy atom. The van der Waals surface area contributed by atoms with Crippen LogP contribution >= 0.6 is 0 Å². The first kappa shape index (κ1) is 12.9. The molecule has 0 aromatic heterocycles. The van der Waals surface area contributed by atoms with Gasteiger partial charge in [-0.1, -0.05) is 13.8 Å². The molecule has 1 aliphatic rings. The maximum absolute atomic E-state index is 9.29. The number of β-amino-alcohol motifs (C(OH)–C–C–N with tert-alkyl or cyclic N) is 1. The minimum Gasteiger partial charge on any atom is -0.392 e. The van der Waals surface area contributed by atoms with E-state index < -0.39 is 0 Å². The van der Waals surface area contributed by atoms with Crippen molar-refractivity contribution in [2.45, 2.75) is 45.8 Å². The van der Waals surface area contributed by atoms with E-state index in [1.54, 1.807) is 0 Å². The molecule has 1 heterocycles. The van der Waals surface area contributed by atoms with Crippen LogP contribution in [0.15, 0.2) is 0 Å². The zero-order valence-corrected chi connectivity index (χ0v) is 10.4. The van der Waals surface area contributed by atoms with E-state index in [-0.39, 0.29) is 6.10 Å². The molecule has 1 atom stereocenters. The SMILES string of the molecule is CC(O)CN1CCC(CNC(C)C)CC1. The Balaban J connectivity index is 2.12. The van der Waals surface area contributed by atoms with E-state index >= 15 is 0 Å². The van der Waals surface area contributed by atoms with Crippen molar-refractivity contribution in [1.82, 2.24) is 10.2 Å². The maximum atomic E-state index is 9.29. The van der Waals surface area contributed by atoms with E-state index in [4.69, 9.17) is 0 Å². The number of piperidine rings is 1. The monoisotopic (exact) mass is 214 g/mol. The maximum Gasteiger partial charge on any atom is 0.0639 e. The Kier molecular flexibility index (Phi) is 5.58. The molecule has 90 valence electrons. The van der Waals surface area contributed by atoms with Gasteiger partial charge in [-0.25, -0.2) is 0 Å². The zero-order valence-electron chi connectivity index (χ0n) is 10.4. The van der Waals surface area contributed by atoms with Crippen LogP contribution in [0.25, 0.3) is 0 Å². The molecular weight excluding hydrogens is 188 g/mol. The van der Waals surface area contributed by atoms with Crippen LogP contribution in [0.2, 0.25) is 0 Å². The summed E-state index contributed by atoms with van der Waals surface area (Å²) in [5.41, 5.74) is 0. The lowest BCUT2D eigenvalue weighted by atomic mass is 9.96. The van der Waals surface area contributed by atoms with Gasteiger partial charge in [0.05, 0.1) is 6.10 Å². The molecule has 0 saturated carbocycles. The standard InChI is InChI=1S/C12H26N2O/c1-10(2)13-8-12-4-6-14(7-5-12)9-11(3)15/h10-13,15H,4-9H2,1-3H3. The molecule has 0 bridgehead atoms. The molecule has 0 aromatic carbocycles. The Morgan fingerprint density at radius 3 is 2.33 bits per heavy atom. The molecule has 1 aliphatic heterocycles. The van der Waals surface area contributed by atoms with Crippen LogP contribution in [-0.2, 0) is 0 Å². The van der Waals surface area contributed by atoms with E-state index in [0.717, 1.165) is 32.1 Å². The van der Waals surface area contributed by atoms with Crippen molar-refractivity contribution < 1.29 is 5.11 Å². The van der Waals surface area contributed by atoms with Crippen molar-refractivity contribution in [3.05, 3.63) is 0 Å². The van der Waals surface area contributed by atoms with Crippen LogP contribution in [0.5, 0.6) is 0 Å². The molecule has 1 rings (SSSR count). The quantitative estimate of drug-likeness (QED) is 0.719. The van der Waals surface area contributed by atoms with E-state index in [1.807, 2.05) is 6.92 Å². The van der Waals surface area contributed by atoms with Gasteiger partial charge in [-0.05, 0) is 45.3 Å². The third-order valence-corrected chi connectivity index (χ3v) is 3.04. The highest BCUT2D eigenvalue weighted by atomic mass is 16.3. The minimum absolute atomic E-state index is 0.185. The largest absolute Gasteiger partial charge is 0.392 e. The second-order valence-electron chi connectivity index (χ2n) is 5.16. The number of hydrogen-bond donors (Lipinski definition) is 2. The zero-order chi connectivity index (χ0) is 11.3. The predicted octanol–water partition coefficient (Wildman–Crippen LogP) is 1.08. The molecule has 1 fully saturated rings. The summed E-state index contributed by atoms with van der Waals surface area (Å²) in [5.74, 6) is 0.831. The van der Waals surface area contributed by atoms with Gasteiger partial charge >= 0.3 is 0 Å². The Hall–Kier alpha value is -0.120. The Bertz CT molecular complexity index is 163. The molecule has 15 heavy (non-hydrogen) atoms. The fraction of sp³-hybridized carbons (Fsp3) is 1.00. The predicted molar refractivity (Wildman–Crippen MR) is 64.0 cm³/mol. The summed E-state index contributed by atoms with van der Waals surface area (Å²) >= 11 is 0. The lowest BCUT2D eigenvalue weighted by molar-refractivity contribution is 0.0995. The smallest absolute Gasteiger partial charge is 0.0639 e. The normalized spacial score (nSPS) is 22.2. The van der Waals surface area contributed by atoms with E-state index in [2.05, 4.69) is 24.1 Å². The molecule has 2 N–H and O–H groups in total. The van der Waals surface area contributed by atoms with Crippen LogP contribution in [0, 0.1) is 5.92 Å². The molecule has 0 spiro atoms. The summed E-state index contributed by atoms with van der Waals surface area (Å²) in [7, 11) is 0. The molecule has 1 saturated heterocycles. The summed E-state index contributed by atoms with van der Waals surface area (Å²) in [5, 5.41) is 12.8. The summed E-state index contributed by atoms with van der Waals surface area (Å²) in [4.78, 5) is 2.37. The van der Waals surface area contributed by atoms with Crippen LogP contribution < -0.4 is 5.32 Å². The average Bonchev–Trinajstić information content (AvgIpc) is 2.16. The fourth-order valence-corrected chi connectivity index (χ4v) is 2.15. The Labute approximate surface area is 93.9 Å². The van der Waals surface area contributed by atoms with Gasteiger partial charge < -0.3 is 15.3 Å². The van der Waals surface area contributed by atoms with Crippen molar-refractivity contribution in [2.75, 3.05) is 26.2 Å². The van der Waals surface area contributed by atoms with Crippen molar-refractivity contribution >= 4 is 0 Å². The van der Waals surface area contributed by atoms with E-state index in [1.165, 1.54) is 12.8 Å². The minimum atomic E-state index is -0.185. The first-order valence-corrected chi connectivity index (χ1v) is 6.21. The third kappa shape index (κ3) is 5.50. The van der Waals surface area contributed by atoms with Crippen molar-refractivity contribution in [3.8, 4) is 0 Å². The molecule has 0 amide bonds. The van der Waals surface area contributed by atoms with E-state index in [0.29, 0.717) is 6.04 Å². The Morgan fingerprint density at radius 2 is 1.87 bits per heavy atom. The van der Waals surface area contributed by atoms with Gasteiger partial charge in [0.25, 0.3) is 0 Å². The molecular formula is C12H26N2O. The van der Waals surface area contributed by atoms with Crippen LogP contribution in [0.4, 0.5) is 0 Å². The van der Waals surface area contributed by atoms with E-state index in [9.17, 15) is 5.11 Å². The average molecular weight is 214 g/mol. The summed E-state index contributed by atoms with van der Waals surface area (Å²) < 4.78 is 0. The van der Waals surface area contributed by atoms with Crippen LogP contribution in [0.3, 0.4) is 0 Å². The molecule has 0 radical (unpaired) electrons. The molecule has 3 heteroatoms. The highest BCUT2D eigenvalue weighted by molar-refractivity contribution is 4.75. The number of nitrogens with zero attached hydrogens (tertiary/aromatic N) is 1. The second kappa shape index (κ2) is 6.46. The van der Waals surface area contributed by atoms with Gasteiger partial charge in [0, 0.05) is 12.6 Å². The van der Waals surface area contributed by atoms with Crippen molar-refractivity contribution in [2.24, 2.45) is 5.92 Å². The fourth-order valence-electron chi connectivity index (χ4n) is 2.15. The number of aliphatic hydroxyl groups excluding tert-OH is 1. The molecule has 0 aliphatic carbocycles. The number of rotatable bonds is 5. The number of likely N-dealkylation sites (tertiary alicyclic amines) is 1. The molecule has 3 nitrogen and oxygen atoms in total. The number of nitrogens with one attached hydrogen (secondary N) is 1. The summed E-state index contributed by atoms with van der Waals surface area (Å²) in [6.45, 7) is 10.5. The second-order valence-corrected chi connectivity index (χ2v) is 5.16.